The van der Waals surface area contributed by atoms with Gasteiger partial charge >= 0.3 is 0 Å². The summed E-state index contributed by atoms with van der Waals surface area (Å²) in [7, 11) is 0. The number of nitrogens with one attached hydrogen (secondary N) is 1. The van der Waals surface area contributed by atoms with E-state index in [0.29, 0.717) is 17.3 Å². The Kier molecular flexibility index (Phi) is 4.67. The number of phenols is 1. The number of aromatic nitrogens is 2. The van der Waals surface area contributed by atoms with Crippen molar-refractivity contribution < 1.29 is 5.11 Å². The lowest BCUT2D eigenvalue weighted by Gasteiger charge is -2.38. The quantitative estimate of drug-likeness (QED) is 0.826. The number of allylic oxidation sites excluding steroid dienone is 1. The molecule has 1 aromatic heterocycles. The van der Waals surface area contributed by atoms with Crippen LogP contribution in [0.2, 0.25) is 0 Å². The molecule has 3 aliphatic heterocycles. The van der Waals surface area contributed by atoms with E-state index >= 15 is 0 Å². The van der Waals surface area contributed by atoms with Gasteiger partial charge in [-0.25, -0.2) is 0 Å². The van der Waals surface area contributed by atoms with Crippen LogP contribution in [0.1, 0.15) is 31.7 Å². The average Bonchev–Trinajstić information content (AvgIpc) is 3.38. The SMILES string of the molecule is CC1=CC(c2ccc(-c3cn[nH]c3)cc2O)=NN=C(N2CCN3CCCC3C2)C1. The molecule has 29 heavy (non-hydrogen) atoms. The first-order valence-corrected chi connectivity index (χ1v) is 10.3. The van der Waals surface area contributed by atoms with Gasteiger partial charge in [0, 0.05) is 49.4 Å². The predicted octanol–water partition coefficient (Wildman–Crippen LogP) is 3.01. The predicted molar refractivity (Wildman–Crippen MR) is 114 cm³/mol. The van der Waals surface area contributed by atoms with Crippen molar-refractivity contribution in [1.29, 1.82) is 0 Å². The van der Waals surface area contributed by atoms with Crippen molar-refractivity contribution >= 4 is 11.5 Å². The topological polar surface area (TPSA) is 80.1 Å². The molecule has 2 saturated heterocycles. The van der Waals surface area contributed by atoms with Gasteiger partial charge in [0.1, 0.15) is 11.6 Å². The van der Waals surface area contributed by atoms with Crippen LogP contribution in [-0.2, 0) is 0 Å². The standard InChI is InChI=1S/C22H26N6O/c1-15-9-20(19-5-4-16(11-21(19)29)17-12-23-24-13-17)25-26-22(10-15)28-8-7-27-6-2-3-18(27)14-28/h4-5,9,11-13,18,29H,2-3,6-8,10,14H2,1H3,(H,23,24). The van der Waals surface area contributed by atoms with Gasteiger partial charge in [-0.1, -0.05) is 11.6 Å². The highest BCUT2D eigenvalue weighted by molar-refractivity contribution is 6.12. The first-order valence-electron chi connectivity index (χ1n) is 10.3. The minimum Gasteiger partial charge on any atom is -0.507 e. The van der Waals surface area contributed by atoms with Gasteiger partial charge in [0.2, 0.25) is 0 Å². The van der Waals surface area contributed by atoms with Crippen LogP contribution in [0.25, 0.3) is 11.1 Å². The van der Waals surface area contributed by atoms with Crippen LogP contribution in [0.15, 0.2) is 52.4 Å². The largest absolute Gasteiger partial charge is 0.507 e. The number of phenolic OH excluding ortho intramolecular Hbond substituents is 1. The highest BCUT2D eigenvalue weighted by Gasteiger charge is 2.32. The summed E-state index contributed by atoms with van der Waals surface area (Å²) in [4.78, 5) is 5.00. The van der Waals surface area contributed by atoms with Crippen LogP contribution in [0, 0.1) is 0 Å². The molecule has 1 unspecified atom stereocenters. The highest BCUT2D eigenvalue weighted by atomic mass is 16.3. The van der Waals surface area contributed by atoms with E-state index in [4.69, 9.17) is 0 Å². The van der Waals surface area contributed by atoms with E-state index in [1.165, 1.54) is 25.0 Å². The number of aromatic hydroxyl groups is 1. The zero-order chi connectivity index (χ0) is 19.8. The number of hydrogen-bond donors (Lipinski definition) is 2. The summed E-state index contributed by atoms with van der Waals surface area (Å²) in [6, 6.07) is 6.28. The van der Waals surface area contributed by atoms with E-state index in [1.807, 2.05) is 24.4 Å². The van der Waals surface area contributed by atoms with Crippen LogP contribution in [0.3, 0.4) is 0 Å². The Morgan fingerprint density at radius 2 is 2.07 bits per heavy atom. The molecule has 0 saturated carbocycles. The lowest BCUT2D eigenvalue weighted by Crippen LogP contribution is -2.52. The van der Waals surface area contributed by atoms with Gasteiger partial charge in [0.15, 0.2) is 0 Å². The van der Waals surface area contributed by atoms with Gasteiger partial charge in [-0.15, -0.1) is 10.2 Å². The molecule has 0 radical (unpaired) electrons. The summed E-state index contributed by atoms with van der Waals surface area (Å²) in [5.74, 6) is 1.24. The zero-order valence-electron chi connectivity index (χ0n) is 16.7. The van der Waals surface area contributed by atoms with Crippen LogP contribution in [-0.4, -0.2) is 68.9 Å². The Labute approximate surface area is 170 Å². The van der Waals surface area contributed by atoms with Crippen LogP contribution in [0.5, 0.6) is 5.75 Å². The van der Waals surface area contributed by atoms with Crippen molar-refractivity contribution in [2.75, 3.05) is 26.2 Å². The number of aromatic amines is 1. The number of rotatable bonds is 2. The molecule has 0 amide bonds. The number of piperazine rings is 1. The molecule has 7 heteroatoms. The Morgan fingerprint density at radius 3 is 2.90 bits per heavy atom. The van der Waals surface area contributed by atoms with E-state index in [1.54, 1.807) is 12.3 Å². The maximum absolute atomic E-state index is 10.6. The fraction of sp³-hybridized carbons (Fsp3) is 0.409. The van der Waals surface area contributed by atoms with E-state index in [2.05, 4.69) is 37.1 Å². The van der Waals surface area contributed by atoms with Crippen molar-refractivity contribution in [3.05, 3.63) is 47.8 Å². The Balaban J connectivity index is 1.41. The van der Waals surface area contributed by atoms with Crippen LogP contribution in [0.4, 0.5) is 0 Å². The Bertz CT molecular complexity index is 991. The first-order chi connectivity index (χ1) is 14.2. The molecule has 1 aromatic carbocycles. The summed E-state index contributed by atoms with van der Waals surface area (Å²) >= 11 is 0. The Hall–Kier alpha value is -2.93. The zero-order valence-corrected chi connectivity index (χ0v) is 16.7. The number of H-pyrrole nitrogens is 1. The van der Waals surface area contributed by atoms with E-state index < -0.39 is 0 Å². The van der Waals surface area contributed by atoms with Crippen molar-refractivity contribution in [3.63, 3.8) is 0 Å². The lowest BCUT2D eigenvalue weighted by atomic mass is 10.0. The van der Waals surface area contributed by atoms with Crippen molar-refractivity contribution in [2.24, 2.45) is 10.2 Å². The molecule has 0 bridgehead atoms. The Morgan fingerprint density at radius 1 is 1.14 bits per heavy atom. The fourth-order valence-electron chi connectivity index (χ4n) is 4.58. The molecular weight excluding hydrogens is 364 g/mol. The van der Waals surface area contributed by atoms with Crippen molar-refractivity contribution in [2.45, 2.75) is 32.2 Å². The second kappa shape index (κ2) is 7.48. The average molecular weight is 390 g/mol. The van der Waals surface area contributed by atoms with E-state index in [-0.39, 0.29) is 5.75 Å². The summed E-state index contributed by atoms with van der Waals surface area (Å²) in [5.41, 5.74) is 4.45. The van der Waals surface area contributed by atoms with Crippen LogP contribution >= 0.6 is 0 Å². The van der Waals surface area contributed by atoms with Gasteiger partial charge in [0.25, 0.3) is 0 Å². The number of amidine groups is 1. The third kappa shape index (κ3) is 3.58. The first kappa shape index (κ1) is 18.1. The van der Waals surface area contributed by atoms with Gasteiger partial charge in [0.05, 0.1) is 11.9 Å². The maximum Gasteiger partial charge on any atom is 0.131 e. The molecule has 2 fully saturated rings. The number of fused-ring (bicyclic) bond motifs is 1. The third-order valence-corrected chi connectivity index (χ3v) is 6.15. The van der Waals surface area contributed by atoms with Crippen molar-refractivity contribution in [1.82, 2.24) is 20.0 Å². The number of nitrogens with zero attached hydrogens (tertiary/aromatic N) is 5. The molecule has 4 heterocycles. The molecule has 1 atom stereocenters. The second-order valence-electron chi connectivity index (χ2n) is 8.17. The summed E-state index contributed by atoms with van der Waals surface area (Å²) < 4.78 is 0. The normalized spacial score (nSPS) is 22.6. The lowest BCUT2D eigenvalue weighted by molar-refractivity contribution is 0.150. The van der Waals surface area contributed by atoms with E-state index in [9.17, 15) is 5.11 Å². The second-order valence-corrected chi connectivity index (χ2v) is 8.17. The molecule has 0 spiro atoms. The highest BCUT2D eigenvalue weighted by Crippen LogP contribution is 2.28. The minimum atomic E-state index is 0.199. The minimum absolute atomic E-state index is 0.199. The number of benzene rings is 1. The van der Waals surface area contributed by atoms with E-state index in [0.717, 1.165) is 43.0 Å². The smallest absolute Gasteiger partial charge is 0.131 e. The van der Waals surface area contributed by atoms with Gasteiger partial charge in [-0.3, -0.25) is 10.00 Å². The fourth-order valence-corrected chi connectivity index (χ4v) is 4.58. The van der Waals surface area contributed by atoms with Gasteiger partial charge in [-0.2, -0.15) is 5.10 Å². The molecule has 0 aliphatic carbocycles. The summed E-state index contributed by atoms with van der Waals surface area (Å²) in [6.07, 6.45) is 8.97. The summed E-state index contributed by atoms with van der Waals surface area (Å²) in [6.45, 7) is 6.51. The van der Waals surface area contributed by atoms with Crippen molar-refractivity contribution in [3.8, 4) is 16.9 Å². The third-order valence-electron chi connectivity index (χ3n) is 6.15. The molecule has 7 nitrogen and oxygen atoms in total. The maximum atomic E-state index is 10.6. The molecule has 5 rings (SSSR count). The van der Waals surface area contributed by atoms with Gasteiger partial charge < -0.3 is 10.0 Å². The van der Waals surface area contributed by atoms with Gasteiger partial charge in [-0.05, 0) is 50.1 Å². The number of hydrogen-bond acceptors (Lipinski definition) is 6. The molecule has 2 N–H and O–H groups in total. The monoisotopic (exact) mass is 390 g/mol. The molecule has 2 aromatic rings. The summed E-state index contributed by atoms with van der Waals surface area (Å²) in [5, 5.41) is 26.6. The molecule has 150 valence electrons. The van der Waals surface area contributed by atoms with Crippen LogP contribution < -0.4 is 0 Å². The molecular formula is C22H26N6O. The molecule has 3 aliphatic rings.